The summed E-state index contributed by atoms with van der Waals surface area (Å²) >= 11 is 1.42. The Labute approximate surface area is 198 Å². The summed E-state index contributed by atoms with van der Waals surface area (Å²) < 4.78 is 45.6. The van der Waals surface area contributed by atoms with Crippen molar-refractivity contribution in [2.75, 3.05) is 19.6 Å². The molecule has 0 spiro atoms. The van der Waals surface area contributed by atoms with Crippen LogP contribution in [-0.4, -0.2) is 36.1 Å². The van der Waals surface area contributed by atoms with E-state index >= 15 is 0 Å². The molecule has 2 aromatic rings. The smallest absolute Gasteiger partial charge is 0.416 e. The first-order chi connectivity index (χ1) is 15.5. The molecule has 1 aromatic carbocycles. The first-order valence-corrected chi connectivity index (χ1v) is 12.9. The van der Waals surface area contributed by atoms with Gasteiger partial charge in [0.05, 0.1) is 11.0 Å². The number of thiophene rings is 1. The van der Waals surface area contributed by atoms with E-state index in [1.165, 1.54) is 29.0 Å². The van der Waals surface area contributed by atoms with Crippen molar-refractivity contribution in [1.29, 1.82) is 0 Å². The molecule has 1 saturated carbocycles. The quantitative estimate of drug-likeness (QED) is 0.417. The molecule has 1 saturated heterocycles. The summed E-state index contributed by atoms with van der Waals surface area (Å²) in [4.78, 5) is 15.1. The molecule has 4 rings (SSSR count). The molecule has 1 unspecified atom stereocenters. The van der Waals surface area contributed by atoms with Gasteiger partial charge in [-0.2, -0.15) is 13.2 Å². The predicted octanol–water partition coefficient (Wildman–Crippen LogP) is 7.39. The third kappa shape index (κ3) is 5.91. The molecule has 1 aromatic heterocycles. The summed E-state index contributed by atoms with van der Waals surface area (Å²) in [6.45, 7) is 8.63. The molecule has 1 atom stereocenters. The fourth-order valence-corrected chi connectivity index (χ4v) is 5.94. The summed E-state index contributed by atoms with van der Waals surface area (Å²) in [6, 6.07) is 4.14. The highest BCUT2D eigenvalue weighted by Gasteiger charge is 2.51. The first-order valence-electron chi connectivity index (χ1n) is 12.0. The van der Waals surface area contributed by atoms with E-state index in [1.54, 1.807) is 6.07 Å². The standard InChI is InChI=1S/C26H34F3NO2S/c1-24(2,3)32-23(31)25(10-11-25)12-15-30-13-5-4-6-18(9-14-30)21-17-33-22-16-19(26(27,28)29)7-8-20(21)22/h7-8,16-18H,4-6,9-15H2,1-3H3. The van der Waals surface area contributed by atoms with Crippen molar-refractivity contribution < 1.29 is 22.7 Å². The third-order valence-corrected chi connectivity index (χ3v) is 8.00. The number of likely N-dealkylation sites (tertiary alicyclic amines) is 1. The summed E-state index contributed by atoms with van der Waals surface area (Å²) in [5.74, 6) is 0.307. The number of fused-ring (bicyclic) bond motifs is 1. The number of esters is 1. The van der Waals surface area contributed by atoms with Gasteiger partial charge in [-0.3, -0.25) is 4.79 Å². The van der Waals surface area contributed by atoms with Crippen molar-refractivity contribution in [2.45, 2.75) is 83.4 Å². The maximum absolute atomic E-state index is 13.1. The van der Waals surface area contributed by atoms with Crippen LogP contribution in [0.4, 0.5) is 13.2 Å². The van der Waals surface area contributed by atoms with Crippen LogP contribution in [0.2, 0.25) is 0 Å². The highest BCUT2D eigenvalue weighted by atomic mass is 32.1. The molecule has 1 aliphatic carbocycles. The van der Waals surface area contributed by atoms with Crippen LogP contribution >= 0.6 is 11.3 Å². The maximum atomic E-state index is 13.1. The van der Waals surface area contributed by atoms with Crippen LogP contribution < -0.4 is 0 Å². The van der Waals surface area contributed by atoms with E-state index < -0.39 is 17.3 Å². The second-order valence-corrected chi connectivity index (χ2v) is 11.7. The zero-order valence-corrected chi connectivity index (χ0v) is 20.6. The van der Waals surface area contributed by atoms with Gasteiger partial charge in [0.2, 0.25) is 0 Å². The van der Waals surface area contributed by atoms with Crippen molar-refractivity contribution in [1.82, 2.24) is 4.90 Å². The zero-order chi connectivity index (χ0) is 23.9. The molecule has 33 heavy (non-hydrogen) atoms. The van der Waals surface area contributed by atoms with Gasteiger partial charge < -0.3 is 9.64 Å². The van der Waals surface area contributed by atoms with Crippen LogP contribution in [0.25, 0.3) is 10.1 Å². The number of rotatable bonds is 5. The van der Waals surface area contributed by atoms with Crippen molar-refractivity contribution in [3.8, 4) is 0 Å². The van der Waals surface area contributed by atoms with Gasteiger partial charge in [-0.15, -0.1) is 11.3 Å². The minimum Gasteiger partial charge on any atom is -0.460 e. The van der Waals surface area contributed by atoms with Gasteiger partial charge in [-0.05, 0) is 113 Å². The van der Waals surface area contributed by atoms with Crippen LogP contribution in [0.3, 0.4) is 0 Å². The van der Waals surface area contributed by atoms with Gasteiger partial charge >= 0.3 is 12.1 Å². The molecule has 1 aliphatic heterocycles. The Morgan fingerprint density at radius 2 is 1.91 bits per heavy atom. The van der Waals surface area contributed by atoms with Crippen molar-refractivity contribution in [3.63, 3.8) is 0 Å². The van der Waals surface area contributed by atoms with Crippen molar-refractivity contribution >= 4 is 27.4 Å². The summed E-state index contributed by atoms with van der Waals surface area (Å²) in [5, 5.41) is 3.02. The molecule has 2 fully saturated rings. The number of alkyl halides is 3. The van der Waals surface area contributed by atoms with Crippen molar-refractivity contribution in [2.24, 2.45) is 5.41 Å². The van der Waals surface area contributed by atoms with Gasteiger partial charge in [0, 0.05) is 4.70 Å². The molecule has 0 amide bonds. The number of benzene rings is 1. The summed E-state index contributed by atoms with van der Waals surface area (Å²) in [5.41, 5.74) is -0.136. The van der Waals surface area contributed by atoms with Crippen molar-refractivity contribution in [3.05, 3.63) is 34.7 Å². The molecule has 182 valence electrons. The fraction of sp³-hybridized carbons (Fsp3) is 0.654. The molecular weight excluding hydrogens is 447 g/mol. The molecular formula is C26H34F3NO2S. The Morgan fingerprint density at radius 1 is 1.15 bits per heavy atom. The summed E-state index contributed by atoms with van der Waals surface area (Å²) in [7, 11) is 0. The van der Waals surface area contributed by atoms with E-state index in [4.69, 9.17) is 4.74 Å². The lowest BCUT2D eigenvalue weighted by atomic mass is 9.88. The largest absolute Gasteiger partial charge is 0.460 e. The second-order valence-electron chi connectivity index (χ2n) is 10.8. The number of carbonyl (C=O) groups is 1. The van der Waals surface area contributed by atoms with Gasteiger partial charge in [-0.1, -0.05) is 12.5 Å². The monoisotopic (exact) mass is 481 g/mol. The van der Waals surface area contributed by atoms with E-state index in [0.29, 0.717) is 10.6 Å². The lowest BCUT2D eigenvalue weighted by Crippen LogP contribution is -2.34. The molecule has 2 heterocycles. The Hall–Kier alpha value is -1.60. The third-order valence-electron chi connectivity index (χ3n) is 7.04. The SMILES string of the molecule is CC(C)(C)OC(=O)C1(CCN2CCCCC(c3csc4cc(C(F)(F)F)ccc34)CC2)CC1. The Balaban J connectivity index is 1.39. The first kappa shape index (κ1) is 24.5. The Morgan fingerprint density at radius 3 is 2.58 bits per heavy atom. The zero-order valence-electron chi connectivity index (χ0n) is 19.8. The second kappa shape index (κ2) is 9.21. The lowest BCUT2D eigenvalue weighted by molar-refractivity contribution is -0.162. The molecule has 0 bridgehead atoms. The van der Waals surface area contributed by atoms with Crippen LogP contribution in [0.1, 0.15) is 82.8 Å². The van der Waals surface area contributed by atoms with E-state index in [9.17, 15) is 18.0 Å². The number of hydrogen-bond acceptors (Lipinski definition) is 4. The van der Waals surface area contributed by atoms with Gasteiger partial charge in [0.25, 0.3) is 0 Å². The highest BCUT2D eigenvalue weighted by molar-refractivity contribution is 7.17. The number of nitrogens with zero attached hydrogens (tertiary/aromatic N) is 1. The Kier molecular flexibility index (Phi) is 6.85. The van der Waals surface area contributed by atoms with E-state index in [2.05, 4.69) is 10.3 Å². The molecule has 0 N–H and O–H groups in total. The lowest BCUT2D eigenvalue weighted by Gasteiger charge is -2.30. The van der Waals surface area contributed by atoms with E-state index in [0.717, 1.165) is 70.0 Å². The van der Waals surface area contributed by atoms with Gasteiger partial charge in [0.15, 0.2) is 0 Å². The minimum absolute atomic E-state index is 0.0529. The molecule has 3 nitrogen and oxygen atoms in total. The number of hydrogen-bond donors (Lipinski definition) is 0. The minimum atomic E-state index is -4.31. The van der Waals surface area contributed by atoms with E-state index in [-0.39, 0.29) is 11.4 Å². The normalized spacial score (nSPS) is 22.1. The van der Waals surface area contributed by atoms with E-state index in [1.807, 2.05) is 20.8 Å². The molecule has 7 heteroatoms. The number of carbonyl (C=O) groups excluding carboxylic acids is 1. The van der Waals surface area contributed by atoms with Gasteiger partial charge in [-0.25, -0.2) is 0 Å². The number of halogens is 3. The van der Waals surface area contributed by atoms with Crippen LogP contribution in [-0.2, 0) is 15.7 Å². The molecule has 0 radical (unpaired) electrons. The molecule has 2 aliphatic rings. The average Bonchev–Trinajstić information content (AvgIpc) is 3.38. The Bertz CT molecular complexity index is 988. The predicted molar refractivity (Wildman–Crippen MR) is 127 cm³/mol. The maximum Gasteiger partial charge on any atom is 0.416 e. The van der Waals surface area contributed by atoms with Crippen LogP contribution in [0, 0.1) is 5.41 Å². The average molecular weight is 482 g/mol. The highest BCUT2D eigenvalue weighted by Crippen LogP contribution is 2.50. The van der Waals surface area contributed by atoms with Crippen LogP contribution in [0.5, 0.6) is 0 Å². The number of ether oxygens (including phenoxy) is 1. The topological polar surface area (TPSA) is 29.5 Å². The van der Waals surface area contributed by atoms with Crippen LogP contribution in [0.15, 0.2) is 23.6 Å². The van der Waals surface area contributed by atoms with Gasteiger partial charge in [0.1, 0.15) is 5.60 Å². The fourth-order valence-electron chi connectivity index (χ4n) is 4.86. The summed E-state index contributed by atoms with van der Waals surface area (Å²) in [6.07, 6.45) is 2.64.